The lowest BCUT2D eigenvalue weighted by molar-refractivity contribution is -0.138. The smallest absolute Gasteiger partial charge is 0.348 e. The van der Waals surface area contributed by atoms with Gasteiger partial charge in [0.05, 0.1) is 12.4 Å². The summed E-state index contributed by atoms with van der Waals surface area (Å²) in [6, 6.07) is 37.8. The van der Waals surface area contributed by atoms with Gasteiger partial charge in [-0.2, -0.15) is 13.7 Å². The highest BCUT2D eigenvalue weighted by molar-refractivity contribution is 7.85. The Kier molecular flexibility index (Phi) is 14.1. The maximum absolute atomic E-state index is 12.5. The molecular formula is C43H46N2O5S. The van der Waals surface area contributed by atoms with Gasteiger partial charge in [-0.3, -0.25) is 4.55 Å². The predicted molar refractivity (Wildman–Crippen MR) is 208 cm³/mol. The second-order valence-corrected chi connectivity index (χ2v) is 13.6. The number of nitrogens with zero attached hydrogens (tertiary/aromatic N) is 2. The van der Waals surface area contributed by atoms with E-state index in [-0.39, 0.29) is 18.6 Å². The Morgan fingerprint density at radius 3 is 2.08 bits per heavy atom. The topological polar surface area (TPSA) is 108 Å². The van der Waals surface area contributed by atoms with Crippen molar-refractivity contribution in [2.75, 3.05) is 17.3 Å². The van der Waals surface area contributed by atoms with E-state index in [9.17, 15) is 18.5 Å². The van der Waals surface area contributed by atoms with E-state index in [4.69, 9.17) is 9.29 Å². The number of esters is 1. The van der Waals surface area contributed by atoms with Gasteiger partial charge in [0.2, 0.25) is 0 Å². The summed E-state index contributed by atoms with van der Waals surface area (Å²) in [6.07, 6.45) is 8.71. The summed E-state index contributed by atoms with van der Waals surface area (Å²) in [4.78, 5) is 14.9. The average molecular weight is 703 g/mol. The van der Waals surface area contributed by atoms with Gasteiger partial charge >= 0.3 is 5.97 Å². The highest BCUT2D eigenvalue weighted by Crippen LogP contribution is 2.52. The molecule has 1 aliphatic heterocycles. The summed E-state index contributed by atoms with van der Waals surface area (Å²) in [5.74, 6) is -0.989. The van der Waals surface area contributed by atoms with Crippen molar-refractivity contribution in [2.24, 2.45) is 0 Å². The standard InChI is InChI=1S/C38H34N2O5S.C3H6.C2H6/c39-26-31(38(41)45-21-8-22-46(42,43)44)23-28-17-20-37-35(25-28)33-13-7-14-36(33)40(37)32-18-15-27(16-19-32)24-34(29-9-3-1-4-10-29)30-11-5-2-6-12-30;1-3-2;1-2/h1-6,9-12,15-20,23-25,33,36H,7-8,13-14,21-22H2,(H,42,43,44);3H,1H2,2H3;1-2H3/b31-23+;;. The van der Waals surface area contributed by atoms with Crippen LogP contribution in [0.3, 0.4) is 0 Å². The Bertz CT molecular complexity index is 1940. The molecule has 4 aromatic carbocycles. The molecule has 264 valence electrons. The van der Waals surface area contributed by atoms with Gasteiger partial charge < -0.3 is 9.64 Å². The van der Waals surface area contributed by atoms with E-state index < -0.39 is 21.8 Å². The van der Waals surface area contributed by atoms with Crippen molar-refractivity contribution < 1.29 is 22.5 Å². The summed E-state index contributed by atoms with van der Waals surface area (Å²) in [5.41, 5.74) is 8.63. The Morgan fingerprint density at radius 2 is 1.51 bits per heavy atom. The number of allylic oxidation sites excluding steroid dienone is 1. The van der Waals surface area contributed by atoms with E-state index in [2.05, 4.69) is 102 Å². The second-order valence-electron chi connectivity index (χ2n) is 12.0. The third kappa shape index (κ3) is 10.2. The number of hydrogen-bond acceptors (Lipinski definition) is 6. The van der Waals surface area contributed by atoms with Crippen molar-refractivity contribution in [3.05, 3.63) is 149 Å². The van der Waals surface area contributed by atoms with Crippen molar-refractivity contribution in [1.29, 1.82) is 5.26 Å². The molecule has 7 nitrogen and oxygen atoms in total. The molecule has 51 heavy (non-hydrogen) atoms. The first-order valence-corrected chi connectivity index (χ1v) is 19.0. The Hall–Kier alpha value is -5.23. The molecule has 8 heteroatoms. The summed E-state index contributed by atoms with van der Waals surface area (Å²) in [5, 5.41) is 9.62. The van der Waals surface area contributed by atoms with Gasteiger partial charge in [-0.1, -0.05) is 105 Å². The van der Waals surface area contributed by atoms with Crippen molar-refractivity contribution in [3.8, 4) is 6.07 Å². The Balaban J connectivity index is 0.00000111. The lowest BCUT2D eigenvalue weighted by atomic mass is 9.95. The molecule has 2 aliphatic rings. The number of ether oxygens (including phenoxy) is 1. The molecule has 1 fully saturated rings. The number of rotatable bonds is 10. The van der Waals surface area contributed by atoms with Crippen LogP contribution in [0.4, 0.5) is 11.4 Å². The highest BCUT2D eigenvalue weighted by atomic mass is 32.2. The number of carbonyl (C=O) groups excluding carboxylic acids is 1. The molecule has 4 aromatic rings. The minimum absolute atomic E-state index is 0.0560. The lowest BCUT2D eigenvalue weighted by Gasteiger charge is -2.27. The minimum Gasteiger partial charge on any atom is -0.462 e. The molecule has 2 unspecified atom stereocenters. The fourth-order valence-corrected chi connectivity index (χ4v) is 7.04. The third-order valence-electron chi connectivity index (χ3n) is 8.60. The SMILES string of the molecule is C=CC.CC.N#C/C(=C\c1ccc2c(c1)C1CCCC1N2c1ccc(C=C(c2ccccc2)c2ccccc2)cc1)C(=O)OCCCS(=O)(=O)O. The molecule has 0 aromatic heterocycles. The van der Waals surface area contributed by atoms with Crippen LogP contribution in [0.1, 0.15) is 80.2 Å². The zero-order valence-electron chi connectivity index (χ0n) is 29.5. The zero-order valence-corrected chi connectivity index (χ0v) is 30.4. The molecule has 0 bridgehead atoms. The molecule has 0 saturated heterocycles. The van der Waals surface area contributed by atoms with Gasteiger partial charge in [0, 0.05) is 23.3 Å². The number of anilines is 2. The number of hydrogen-bond donors (Lipinski definition) is 1. The molecule has 1 heterocycles. The van der Waals surface area contributed by atoms with Crippen LogP contribution in [0, 0.1) is 11.3 Å². The van der Waals surface area contributed by atoms with Crippen molar-refractivity contribution in [1.82, 2.24) is 0 Å². The van der Waals surface area contributed by atoms with Crippen LogP contribution >= 0.6 is 0 Å². The fourth-order valence-electron chi connectivity index (χ4n) is 6.55. The minimum atomic E-state index is -4.14. The molecular weight excluding hydrogens is 657 g/mol. The maximum Gasteiger partial charge on any atom is 0.348 e. The lowest BCUT2D eigenvalue weighted by Crippen LogP contribution is -2.26. The van der Waals surface area contributed by atoms with Crippen LogP contribution in [-0.2, 0) is 19.6 Å². The van der Waals surface area contributed by atoms with Gasteiger partial charge in [-0.05, 0) is 96.0 Å². The highest BCUT2D eigenvalue weighted by Gasteiger charge is 2.42. The third-order valence-corrected chi connectivity index (χ3v) is 9.41. The number of fused-ring (bicyclic) bond motifs is 3. The van der Waals surface area contributed by atoms with Crippen molar-refractivity contribution in [2.45, 2.75) is 58.4 Å². The maximum atomic E-state index is 12.5. The molecule has 1 aliphatic carbocycles. The van der Waals surface area contributed by atoms with E-state index in [1.54, 1.807) is 6.08 Å². The molecule has 0 radical (unpaired) electrons. The van der Waals surface area contributed by atoms with E-state index in [1.165, 1.54) is 11.6 Å². The molecule has 0 amide bonds. The predicted octanol–water partition coefficient (Wildman–Crippen LogP) is 10.0. The van der Waals surface area contributed by atoms with Crippen LogP contribution < -0.4 is 4.90 Å². The summed E-state index contributed by atoms with van der Waals surface area (Å²) < 4.78 is 35.7. The normalized spacial score (nSPS) is 15.8. The summed E-state index contributed by atoms with van der Waals surface area (Å²) >= 11 is 0. The molecule has 2 atom stereocenters. The molecule has 1 saturated carbocycles. The Morgan fingerprint density at radius 1 is 0.922 bits per heavy atom. The van der Waals surface area contributed by atoms with E-state index in [0.29, 0.717) is 12.0 Å². The molecule has 1 N–H and O–H groups in total. The zero-order chi connectivity index (χ0) is 36.8. The van der Waals surface area contributed by atoms with E-state index in [0.717, 1.165) is 58.5 Å². The van der Waals surface area contributed by atoms with Crippen LogP contribution in [-0.4, -0.2) is 37.3 Å². The van der Waals surface area contributed by atoms with Gasteiger partial charge in [-0.25, -0.2) is 4.79 Å². The summed E-state index contributed by atoms with van der Waals surface area (Å²) in [6.45, 7) is 9.04. The van der Waals surface area contributed by atoms with E-state index >= 15 is 0 Å². The van der Waals surface area contributed by atoms with Crippen LogP contribution in [0.25, 0.3) is 17.7 Å². The molecule has 0 spiro atoms. The summed E-state index contributed by atoms with van der Waals surface area (Å²) in [7, 11) is -4.14. The van der Waals surface area contributed by atoms with Crippen LogP contribution in [0.5, 0.6) is 0 Å². The van der Waals surface area contributed by atoms with Gasteiger partial charge in [-0.15, -0.1) is 6.58 Å². The van der Waals surface area contributed by atoms with Gasteiger partial charge in [0.25, 0.3) is 10.1 Å². The monoisotopic (exact) mass is 702 g/mol. The fraction of sp³-hybridized carbons (Fsp3) is 0.256. The number of carbonyl (C=O) groups is 1. The number of nitriles is 1. The van der Waals surface area contributed by atoms with Gasteiger partial charge in [0.15, 0.2) is 0 Å². The molecule has 6 rings (SSSR count). The largest absolute Gasteiger partial charge is 0.462 e. The Labute approximate surface area is 303 Å². The van der Waals surface area contributed by atoms with Gasteiger partial charge in [0.1, 0.15) is 11.6 Å². The number of benzene rings is 4. The quantitative estimate of drug-likeness (QED) is 0.0333. The first kappa shape index (κ1) is 38.6. The van der Waals surface area contributed by atoms with Crippen molar-refractivity contribution in [3.63, 3.8) is 0 Å². The average Bonchev–Trinajstić information content (AvgIpc) is 3.74. The first-order chi connectivity index (χ1) is 24.7. The van der Waals surface area contributed by atoms with Crippen molar-refractivity contribution >= 4 is 45.2 Å². The second kappa shape index (κ2) is 18.7. The van der Waals surface area contributed by atoms with Crippen LogP contribution in [0.15, 0.2) is 121 Å². The van der Waals surface area contributed by atoms with Crippen LogP contribution in [0.2, 0.25) is 0 Å². The first-order valence-electron chi connectivity index (χ1n) is 17.4. The van der Waals surface area contributed by atoms with E-state index in [1.807, 2.05) is 45.0 Å².